The van der Waals surface area contributed by atoms with Crippen molar-refractivity contribution in [3.8, 4) is 0 Å². The third-order valence-corrected chi connectivity index (χ3v) is 2.60. The maximum atomic E-state index is 12.3. The lowest BCUT2D eigenvalue weighted by molar-refractivity contribution is -0.171. The minimum atomic E-state index is -4.01. The van der Waals surface area contributed by atoms with Gasteiger partial charge in [-0.15, -0.1) is 0 Å². The van der Waals surface area contributed by atoms with E-state index in [0.717, 1.165) is 0 Å². The van der Waals surface area contributed by atoms with Crippen LogP contribution in [0.25, 0.3) is 0 Å². The van der Waals surface area contributed by atoms with Crippen molar-refractivity contribution < 1.29 is 13.2 Å². The minimum Gasteiger partial charge on any atom is -0.298 e. The van der Waals surface area contributed by atoms with Crippen molar-refractivity contribution in [2.75, 3.05) is 13.1 Å². The molecule has 13 heavy (non-hydrogen) atoms. The third kappa shape index (κ3) is 2.59. The molecular formula is C9H16F3N. The van der Waals surface area contributed by atoms with E-state index in [1.807, 2.05) is 25.7 Å². The second kappa shape index (κ2) is 3.15. The highest BCUT2D eigenvalue weighted by Gasteiger charge is 2.45. The molecular weight excluding hydrogens is 179 g/mol. The number of hydrogen-bond donors (Lipinski definition) is 0. The van der Waals surface area contributed by atoms with Gasteiger partial charge in [0.25, 0.3) is 0 Å². The summed E-state index contributed by atoms with van der Waals surface area (Å²) in [6.07, 6.45) is -3.76. The van der Waals surface area contributed by atoms with Crippen molar-refractivity contribution in [2.45, 2.75) is 38.9 Å². The smallest absolute Gasteiger partial charge is 0.298 e. The highest BCUT2D eigenvalue weighted by molar-refractivity contribution is 4.87. The van der Waals surface area contributed by atoms with Crippen LogP contribution in [0.2, 0.25) is 0 Å². The maximum absolute atomic E-state index is 12.3. The number of hydrogen-bond acceptors (Lipinski definition) is 1. The Bertz CT molecular complexity index is 160. The van der Waals surface area contributed by atoms with Crippen LogP contribution in [-0.4, -0.2) is 29.7 Å². The van der Waals surface area contributed by atoms with Crippen LogP contribution in [0.3, 0.4) is 0 Å². The fraction of sp³-hybridized carbons (Fsp3) is 1.00. The minimum absolute atomic E-state index is 0.139. The zero-order valence-corrected chi connectivity index (χ0v) is 8.28. The van der Waals surface area contributed by atoms with Gasteiger partial charge in [-0.3, -0.25) is 4.90 Å². The Kier molecular flexibility index (Phi) is 2.63. The molecule has 1 heterocycles. The molecule has 0 unspecified atom stereocenters. The molecule has 0 saturated carbocycles. The number of nitrogens with zero attached hydrogens (tertiary/aromatic N) is 1. The molecule has 1 aliphatic rings. The molecule has 0 spiro atoms. The summed E-state index contributed by atoms with van der Waals surface area (Å²) in [6.45, 7) is 6.57. The van der Waals surface area contributed by atoms with E-state index >= 15 is 0 Å². The van der Waals surface area contributed by atoms with Gasteiger partial charge in [0.15, 0.2) is 0 Å². The van der Waals surface area contributed by atoms with Crippen LogP contribution in [0.4, 0.5) is 13.2 Å². The number of rotatable bonds is 0. The maximum Gasteiger partial charge on any atom is 0.393 e. The van der Waals surface area contributed by atoms with Gasteiger partial charge in [-0.25, -0.2) is 0 Å². The molecule has 0 aromatic carbocycles. The van der Waals surface area contributed by atoms with Gasteiger partial charge < -0.3 is 0 Å². The normalized spacial score (nSPS) is 26.8. The van der Waals surface area contributed by atoms with Crippen molar-refractivity contribution in [3.05, 3.63) is 0 Å². The number of likely N-dealkylation sites (tertiary alicyclic amines) is 1. The van der Waals surface area contributed by atoms with Crippen molar-refractivity contribution in [1.29, 1.82) is 0 Å². The van der Waals surface area contributed by atoms with Gasteiger partial charge in [-0.2, -0.15) is 13.2 Å². The summed E-state index contributed by atoms with van der Waals surface area (Å²) in [4.78, 5) is 1.89. The van der Waals surface area contributed by atoms with E-state index in [-0.39, 0.29) is 18.5 Å². The van der Waals surface area contributed by atoms with Gasteiger partial charge in [0.2, 0.25) is 0 Å². The van der Waals surface area contributed by atoms with Crippen LogP contribution < -0.4 is 0 Å². The standard InChI is InChI=1S/C9H16F3N/c1-8(2,3)13-5-4-7(6-13)9(10,11)12/h7H,4-6H2,1-3H3/t7-/m0/s1. The monoisotopic (exact) mass is 195 g/mol. The summed E-state index contributed by atoms with van der Waals surface area (Å²) in [7, 11) is 0. The van der Waals surface area contributed by atoms with Gasteiger partial charge in [0.05, 0.1) is 5.92 Å². The second-order valence-electron chi connectivity index (χ2n) is 4.64. The fourth-order valence-electron chi connectivity index (χ4n) is 1.64. The lowest BCUT2D eigenvalue weighted by atomic mass is 10.1. The fourth-order valence-corrected chi connectivity index (χ4v) is 1.64. The van der Waals surface area contributed by atoms with Crippen molar-refractivity contribution in [2.24, 2.45) is 5.92 Å². The van der Waals surface area contributed by atoms with E-state index in [1.54, 1.807) is 0 Å². The molecule has 1 fully saturated rings. The number of halogens is 3. The third-order valence-electron chi connectivity index (χ3n) is 2.60. The summed E-state index contributed by atoms with van der Waals surface area (Å²) in [5.41, 5.74) is -0.139. The largest absolute Gasteiger partial charge is 0.393 e. The molecule has 0 radical (unpaired) electrons. The van der Waals surface area contributed by atoms with Gasteiger partial charge >= 0.3 is 6.18 Å². The zero-order chi connectivity index (χ0) is 10.3. The molecule has 0 bridgehead atoms. The van der Waals surface area contributed by atoms with Crippen LogP contribution in [0.15, 0.2) is 0 Å². The predicted octanol–water partition coefficient (Wildman–Crippen LogP) is 2.67. The summed E-state index contributed by atoms with van der Waals surface area (Å²) >= 11 is 0. The average molecular weight is 195 g/mol. The van der Waals surface area contributed by atoms with Crippen LogP contribution in [0, 0.1) is 5.92 Å². The van der Waals surface area contributed by atoms with E-state index in [0.29, 0.717) is 6.54 Å². The topological polar surface area (TPSA) is 3.24 Å². The van der Waals surface area contributed by atoms with Crippen LogP contribution in [0.5, 0.6) is 0 Å². The first-order valence-corrected chi connectivity index (χ1v) is 4.53. The van der Waals surface area contributed by atoms with Gasteiger partial charge in [0, 0.05) is 12.1 Å². The summed E-state index contributed by atoms with van der Waals surface area (Å²) in [6, 6.07) is 0. The molecule has 0 amide bonds. The molecule has 1 atom stereocenters. The van der Waals surface area contributed by atoms with E-state index in [4.69, 9.17) is 0 Å². The Hall–Kier alpha value is -0.250. The van der Waals surface area contributed by atoms with E-state index in [9.17, 15) is 13.2 Å². The van der Waals surface area contributed by atoms with E-state index in [1.165, 1.54) is 0 Å². The highest BCUT2D eigenvalue weighted by atomic mass is 19.4. The van der Waals surface area contributed by atoms with Gasteiger partial charge in [-0.05, 0) is 33.7 Å². The molecule has 1 rings (SSSR count). The van der Waals surface area contributed by atoms with Crippen LogP contribution >= 0.6 is 0 Å². The quantitative estimate of drug-likeness (QED) is 0.574. The van der Waals surface area contributed by atoms with E-state index < -0.39 is 12.1 Å². The molecule has 0 N–H and O–H groups in total. The average Bonchev–Trinajstić information content (AvgIpc) is 2.28. The van der Waals surface area contributed by atoms with Crippen molar-refractivity contribution >= 4 is 0 Å². The molecule has 4 heteroatoms. The second-order valence-corrected chi connectivity index (χ2v) is 4.64. The first-order valence-electron chi connectivity index (χ1n) is 4.53. The Morgan fingerprint density at radius 1 is 1.15 bits per heavy atom. The zero-order valence-electron chi connectivity index (χ0n) is 8.28. The first-order chi connectivity index (χ1) is 5.71. The summed E-state index contributed by atoms with van der Waals surface area (Å²) < 4.78 is 36.9. The summed E-state index contributed by atoms with van der Waals surface area (Å²) in [5, 5.41) is 0. The summed E-state index contributed by atoms with van der Waals surface area (Å²) in [5.74, 6) is -1.12. The predicted molar refractivity (Wildman–Crippen MR) is 45.5 cm³/mol. The van der Waals surface area contributed by atoms with Gasteiger partial charge in [0.1, 0.15) is 0 Å². The molecule has 0 aliphatic carbocycles. The molecule has 0 aromatic rings. The molecule has 0 aromatic heterocycles. The first kappa shape index (κ1) is 10.8. The Morgan fingerprint density at radius 2 is 1.69 bits per heavy atom. The number of alkyl halides is 3. The highest BCUT2D eigenvalue weighted by Crippen LogP contribution is 2.35. The van der Waals surface area contributed by atoms with E-state index in [2.05, 4.69) is 0 Å². The molecule has 78 valence electrons. The van der Waals surface area contributed by atoms with Crippen molar-refractivity contribution in [1.82, 2.24) is 4.90 Å². The van der Waals surface area contributed by atoms with Crippen LogP contribution in [0.1, 0.15) is 27.2 Å². The molecule has 1 saturated heterocycles. The van der Waals surface area contributed by atoms with Crippen LogP contribution in [-0.2, 0) is 0 Å². The Balaban J connectivity index is 2.55. The SMILES string of the molecule is CC(C)(C)N1CC[C@H](C(F)(F)F)C1. The van der Waals surface area contributed by atoms with Gasteiger partial charge in [-0.1, -0.05) is 0 Å². The Labute approximate surface area is 76.9 Å². The Morgan fingerprint density at radius 3 is 1.92 bits per heavy atom. The molecule has 1 nitrogen and oxygen atoms in total. The lowest BCUT2D eigenvalue weighted by Gasteiger charge is -2.31. The lowest BCUT2D eigenvalue weighted by Crippen LogP contribution is -2.40. The van der Waals surface area contributed by atoms with Crippen molar-refractivity contribution in [3.63, 3.8) is 0 Å². The molecule has 1 aliphatic heterocycles.